The van der Waals surface area contributed by atoms with Gasteiger partial charge >= 0.3 is 5.97 Å². The molecule has 0 saturated heterocycles. The molecule has 108 valence electrons. The van der Waals surface area contributed by atoms with Crippen molar-refractivity contribution in [3.8, 4) is 11.5 Å². The van der Waals surface area contributed by atoms with Gasteiger partial charge in [0.15, 0.2) is 0 Å². The second-order valence-corrected chi connectivity index (χ2v) is 3.95. The van der Waals surface area contributed by atoms with Crippen molar-refractivity contribution in [3.63, 3.8) is 0 Å². The van der Waals surface area contributed by atoms with Gasteiger partial charge in [-0.15, -0.1) is 0 Å². The summed E-state index contributed by atoms with van der Waals surface area (Å²) in [6, 6.07) is 5.21. The number of halogens is 2. The van der Waals surface area contributed by atoms with E-state index in [-0.39, 0.29) is 11.5 Å². The molecule has 2 rings (SSSR count). The van der Waals surface area contributed by atoms with E-state index in [2.05, 4.69) is 0 Å². The SMILES string of the molecule is O=C(O)c1cc([N+](=O)[O-])ccc1Oc1cc(F)cc(F)c1. The minimum absolute atomic E-state index is 0.260. The van der Waals surface area contributed by atoms with Crippen molar-refractivity contribution in [3.05, 3.63) is 63.7 Å². The summed E-state index contributed by atoms with van der Waals surface area (Å²) < 4.78 is 31.2. The van der Waals surface area contributed by atoms with Gasteiger partial charge in [-0.05, 0) is 6.07 Å². The maximum absolute atomic E-state index is 13.0. The van der Waals surface area contributed by atoms with Crippen LogP contribution in [0, 0.1) is 21.7 Å². The van der Waals surface area contributed by atoms with E-state index in [9.17, 15) is 23.7 Å². The number of ether oxygens (including phenoxy) is 1. The molecule has 0 unspecified atom stereocenters. The highest BCUT2D eigenvalue weighted by Crippen LogP contribution is 2.29. The number of carbonyl (C=O) groups is 1. The van der Waals surface area contributed by atoms with E-state index in [4.69, 9.17) is 9.84 Å². The molecule has 0 atom stereocenters. The first kappa shape index (κ1) is 14.4. The lowest BCUT2D eigenvalue weighted by atomic mass is 10.2. The molecule has 0 fully saturated rings. The van der Waals surface area contributed by atoms with Crippen LogP contribution in [0.1, 0.15) is 10.4 Å². The molecule has 0 spiro atoms. The number of nitrogens with zero attached hydrogens (tertiary/aromatic N) is 1. The van der Waals surface area contributed by atoms with E-state index < -0.39 is 33.8 Å². The lowest BCUT2D eigenvalue weighted by Crippen LogP contribution is -2.02. The molecular weight excluding hydrogens is 288 g/mol. The van der Waals surface area contributed by atoms with Gasteiger partial charge in [0.05, 0.1) is 4.92 Å². The molecule has 0 saturated carbocycles. The first-order valence-corrected chi connectivity index (χ1v) is 5.52. The molecule has 0 heterocycles. The number of nitro benzene ring substituents is 1. The zero-order valence-corrected chi connectivity index (χ0v) is 10.2. The molecule has 0 aliphatic rings. The van der Waals surface area contributed by atoms with Gasteiger partial charge in [0.2, 0.25) is 0 Å². The summed E-state index contributed by atoms with van der Waals surface area (Å²) in [5, 5.41) is 19.6. The van der Waals surface area contributed by atoms with E-state index in [1.807, 2.05) is 0 Å². The summed E-state index contributed by atoms with van der Waals surface area (Å²) in [5.74, 6) is -3.79. The number of benzene rings is 2. The number of carboxylic acid groups (broad SMARTS) is 1. The predicted octanol–water partition coefficient (Wildman–Crippen LogP) is 3.36. The van der Waals surface area contributed by atoms with Gasteiger partial charge in [-0.2, -0.15) is 0 Å². The number of aromatic carboxylic acids is 1. The molecule has 0 aromatic heterocycles. The number of rotatable bonds is 4. The summed E-state index contributed by atoms with van der Waals surface area (Å²) >= 11 is 0. The van der Waals surface area contributed by atoms with Crippen molar-refractivity contribution in [2.45, 2.75) is 0 Å². The molecule has 0 bridgehead atoms. The van der Waals surface area contributed by atoms with Crippen LogP contribution in [-0.4, -0.2) is 16.0 Å². The quantitative estimate of drug-likeness (QED) is 0.690. The average Bonchev–Trinajstić information content (AvgIpc) is 2.37. The van der Waals surface area contributed by atoms with Crippen molar-refractivity contribution >= 4 is 11.7 Å². The monoisotopic (exact) mass is 295 g/mol. The lowest BCUT2D eigenvalue weighted by molar-refractivity contribution is -0.384. The Balaban J connectivity index is 2.43. The van der Waals surface area contributed by atoms with Crippen LogP contribution < -0.4 is 4.74 Å². The minimum atomic E-state index is -1.47. The maximum Gasteiger partial charge on any atom is 0.339 e. The van der Waals surface area contributed by atoms with Crippen LogP contribution in [0.2, 0.25) is 0 Å². The largest absolute Gasteiger partial charge is 0.478 e. The fourth-order valence-corrected chi connectivity index (χ4v) is 1.60. The highest BCUT2D eigenvalue weighted by Gasteiger charge is 2.18. The molecule has 2 aromatic rings. The molecule has 0 aliphatic heterocycles. The Morgan fingerprint density at radius 1 is 1.14 bits per heavy atom. The highest BCUT2D eigenvalue weighted by molar-refractivity contribution is 5.91. The van der Waals surface area contributed by atoms with Gasteiger partial charge in [0, 0.05) is 30.3 Å². The number of hydrogen-bond donors (Lipinski definition) is 1. The van der Waals surface area contributed by atoms with Gasteiger partial charge in [0.25, 0.3) is 5.69 Å². The normalized spacial score (nSPS) is 10.2. The van der Waals surface area contributed by atoms with Gasteiger partial charge in [-0.1, -0.05) is 0 Å². The Bertz CT molecular complexity index is 712. The first-order chi connectivity index (χ1) is 9.86. The minimum Gasteiger partial charge on any atom is -0.478 e. The summed E-state index contributed by atoms with van der Waals surface area (Å²) in [6.45, 7) is 0. The Morgan fingerprint density at radius 3 is 2.29 bits per heavy atom. The third kappa shape index (κ3) is 3.30. The molecule has 21 heavy (non-hydrogen) atoms. The van der Waals surface area contributed by atoms with E-state index in [1.165, 1.54) is 0 Å². The van der Waals surface area contributed by atoms with E-state index >= 15 is 0 Å². The lowest BCUT2D eigenvalue weighted by Gasteiger charge is -2.08. The smallest absolute Gasteiger partial charge is 0.339 e. The van der Waals surface area contributed by atoms with Crippen LogP contribution in [0.15, 0.2) is 36.4 Å². The third-order valence-corrected chi connectivity index (χ3v) is 2.47. The second kappa shape index (κ2) is 5.53. The third-order valence-electron chi connectivity index (χ3n) is 2.47. The van der Waals surface area contributed by atoms with Gasteiger partial charge in [-0.3, -0.25) is 10.1 Å². The molecule has 6 nitrogen and oxygen atoms in total. The summed E-state index contributed by atoms with van der Waals surface area (Å²) in [6.07, 6.45) is 0. The van der Waals surface area contributed by atoms with Crippen LogP contribution in [0.3, 0.4) is 0 Å². The van der Waals surface area contributed by atoms with Crippen LogP contribution >= 0.6 is 0 Å². The Morgan fingerprint density at radius 2 is 1.76 bits per heavy atom. The number of carboxylic acids is 1. The number of non-ortho nitro benzene ring substituents is 1. The Labute approximate surface area is 116 Å². The second-order valence-electron chi connectivity index (χ2n) is 3.95. The fourth-order valence-electron chi connectivity index (χ4n) is 1.60. The standard InChI is InChI=1S/C13H7F2NO5/c14-7-3-8(15)5-10(4-7)21-12-2-1-9(16(19)20)6-11(12)13(17)18/h1-6H,(H,17,18). The molecule has 8 heteroatoms. The molecule has 1 N–H and O–H groups in total. The van der Waals surface area contributed by atoms with Crippen molar-refractivity contribution < 1.29 is 28.3 Å². The number of nitro groups is 1. The number of hydrogen-bond acceptors (Lipinski definition) is 4. The average molecular weight is 295 g/mol. The van der Waals surface area contributed by atoms with E-state index in [1.54, 1.807) is 0 Å². The fraction of sp³-hybridized carbons (Fsp3) is 0. The van der Waals surface area contributed by atoms with Crippen molar-refractivity contribution in [2.24, 2.45) is 0 Å². The molecule has 0 amide bonds. The first-order valence-electron chi connectivity index (χ1n) is 5.52. The Hall–Kier alpha value is -3.03. The predicted molar refractivity (Wildman–Crippen MR) is 66.5 cm³/mol. The van der Waals surface area contributed by atoms with Crippen LogP contribution in [0.5, 0.6) is 11.5 Å². The van der Waals surface area contributed by atoms with Crippen LogP contribution in [0.4, 0.5) is 14.5 Å². The van der Waals surface area contributed by atoms with Crippen molar-refractivity contribution in [1.29, 1.82) is 0 Å². The molecular formula is C13H7F2NO5. The molecule has 2 aromatic carbocycles. The zero-order chi connectivity index (χ0) is 15.6. The molecule has 0 radical (unpaired) electrons. The van der Waals surface area contributed by atoms with Gasteiger partial charge in [0.1, 0.15) is 28.7 Å². The Kier molecular flexibility index (Phi) is 3.79. The van der Waals surface area contributed by atoms with Crippen LogP contribution in [0.25, 0.3) is 0 Å². The molecule has 0 aliphatic carbocycles. The van der Waals surface area contributed by atoms with Gasteiger partial charge < -0.3 is 9.84 Å². The maximum atomic E-state index is 13.0. The van der Waals surface area contributed by atoms with Crippen molar-refractivity contribution in [1.82, 2.24) is 0 Å². The van der Waals surface area contributed by atoms with E-state index in [0.29, 0.717) is 6.07 Å². The summed E-state index contributed by atoms with van der Waals surface area (Å²) in [4.78, 5) is 20.9. The summed E-state index contributed by atoms with van der Waals surface area (Å²) in [7, 11) is 0. The van der Waals surface area contributed by atoms with Gasteiger partial charge in [-0.25, -0.2) is 13.6 Å². The topological polar surface area (TPSA) is 89.7 Å². The summed E-state index contributed by atoms with van der Waals surface area (Å²) in [5.41, 5.74) is -0.931. The van der Waals surface area contributed by atoms with Crippen LogP contribution in [-0.2, 0) is 0 Å². The zero-order valence-electron chi connectivity index (χ0n) is 10.2. The highest BCUT2D eigenvalue weighted by atomic mass is 19.1. The van der Waals surface area contributed by atoms with Crippen molar-refractivity contribution in [2.75, 3.05) is 0 Å². The van der Waals surface area contributed by atoms with E-state index in [0.717, 1.165) is 30.3 Å².